The van der Waals surface area contributed by atoms with E-state index >= 15 is 0 Å². The lowest BCUT2D eigenvalue weighted by Gasteiger charge is -2.28. The van der Waals surface area contributed by atoms with Crippen LogP contribution in [-0.4, -0.2) is 51.6 Å². The molecule has 0 unspecified atom stereocenters. The molecule has 0 spiro atoms. The van der Waals surface area contributed by atoms with Crippen LogP contribution in [0, 0.1) is 5.92 Å². The predicted molar refractivity (Wildman–Crippen MR) is 64.6 cm³/mol. The molecule has 6 nitrogen and oxygen atoms in total. The Balaban J connectivity index is 1.65. The summed E-state index contributed by atoms with van der Waals surface area (Å²) in [7, 11) is -2.85. The van der Waals surface area contributed by atoms with E-state index in [1.807, 2.05) is 0 Å². The fraction of sp³-hybridized carbons (Fsp3) is 0.900. The second-order valence-corrected chi connectivity index (χ2v) is 7.11. The van der Waals surface area contributed by atoms with Gasteiger partial charge in [0.2, 0.25) is 0 Å². The lowest BCUT2D eigenvalue weighted by Crippen LogP contribution is -2.51. The number of amides is 2. The zero-order valence-corrected chi connectivity index (χ0v) is 10.6. The number of rotatable bonds is 3. The first kappa shape index (κ1) is 12.6. The van der Waals surface area contributed by atoms with Gasteiger partial charge in [-0.25, -0.2) is 13.2 Å². The molecule has 0 aliphatic carbocycles. The summed E-state index contributed by atoms with van der Waals surface area (Å²) in [5.74, 6) is 0.905. The summed E-state index contributed by atoms with van der Waals surface area (Å²) < 4.78 is 22.4. The van der Waals surface area contributed by atoms with Gasteiger partial charge >= 0.3 is 6.03 Å². The Morgan fingerprint density at radius 3 is 2.41 bits per heavy atom. The number of carbonyl (C=O) groups excluding carboxylic acids is 1. The van der Waals surface area contributed by atoms with Gasteiger partial charge in [-0.3, -0.25) is 0 Å². The molecule has 2 fully saturated rings. The zero-order valence-electron chi connectivity index (χ0n) is 9.74. The molecule has 0 atom stereocenters. The van der Waals surface area contributed by atoms with Crippen molar-refractivity contribution in [2.24, 2.45) is 5.92 Å². The first-order valence-corrected chi connectivity index (χ1v) is 7.83. The van der Waals surface area contributed by atoms with Crippen molar-refractivity contribution in [1.29, 1.82) is 0 Å². The van der Waals surface area contributed by atoms with Gasteiger partial charge in [-0.15, -0.1) is 0 Å². The van der Waals surface area contributed by atoms with E-state index in [2.05, 4.69) is 16.0 Å². The molecule has 2 saturated heterocycles. The van der Waals surface area contributed by atoms with Crippen LogP contribution in [0.1, 0.15) is 12.8 Å². The van der Waals surface area contributed by atoms with Gasteiger partial charge in [-0.1, -0.05) is 0 Å². The van der Waals surface area contributed by atoms with Crippen LogP contribution in [-0.2, 0) is 9.84 Å². The molecular formula is C10H19N3O3S. The number of urea groups is 1. The lowest BCUT2D eigenvalue weighted by molar-refractivity contribution is 0.230. The van der Waals surface area contributed by atoms with Gasteiger partial charge in [0.25, 0.3) is 0 Å². The third kappa shape index (κ3) is 3.85. The van der Waals surface area contributed by atoms with Crippen LogP contribution in [0.2, 0.25) is 0 Å². The Hall–Kier alpha value is -0.820. The molecule has 0 aromatic heterocycles. The van der Waals surface area contributed by atoms with Crippen LogP contribution >= 0.6 is 0 Å². The summed E-state index contributed by atoms with van der Waals surface area (Å²) in [5, 5.41) is 8.78. The smallest absolute Gasteiger partial charge is 0.315 e. The molecule has 0 saturated carbocycles. The van der Waals surface area contributed by atoms with Gasteiger partial charge in [-0.05, 0) is 12.8 Å². The molecule has 17 heavy (non-hydrogen) atoms. The van der Waals surface area contributed by atoms with E-state index in [0.29, 0.717) is 25.3 Å². The molecule has 0 radical (unpaired) electrons. The Labute approximate surface area is 101 Å². The normalized spacial score (nSPS) is 24.9. The fourth-order valence-electron chi connectivity index (χ4n) is 2.00. The van der Waals surface area contributed by atoms with Crippen LogP contribution in [0.25, 0.3) is 0 Å². The summed E-state index contributed by atoms with van der Waals surface area (Å²) in [5.41, 5.74) is 0. The zero-order chi connectivity index (χ0) is 12.3. The third-order valence-corrected chi connectivity index (χ3v) is 5.02. The third-order valence-electron chi connectivity index (χ3n) is 3.31. The van der Waals surface area contributed by atoms with E-state index in [1.165, 1.54) is 0 Å². The largest absolute Gasteiger partial charge is 0.338 e. The molecule has 7 heteroatoms. The van der Waals surface area contributed by atoms with E-state index in [4.69, 9.17) is 0 Å². The van der Waals surface area contributed by atoms with E-state index < -0.39 is 9.84 Å². The highest BCUT2D eigenvalue weighted by Crippen LogP contribution is 2.11. The summed E-state index contributed by atoms with van der Waals surface area (Å²) in [6.45, 7) is 2.60. The summed E-state index contributed by atoms with van der Waals surface area (Å²) >= 11 is 0. The summed E-state index contributed by atoms with van der Waals surface area (Å²) in [6, 6.07) is -0.181. The summed E-state index contributed by atoms with van der Waals surface area (Å²) in [6.07, 6.45) is 1.06. The maximum atomic E-state index is 11.5. The van der Waals surface area contributed by atoms with Crippen LogP contribution in [0.5, 0.6) is 0 Å². The second kappa shape index (κ2) is 5.22. The molecule has 3 N–H and O–H groups in total. The van der Waals surface area contributed by atoms with Gasteiger partial charge in [-0.2, -0.15) is 0 Å². The first-order chi connectivity index (χ1) is 8.05. The van der Waals surface area contributed by atoms with Gasteiger partial charge in [0.15, 0.2) is 0 Å². The highest BCUT2D eigenvalue weighted by molar-refractivity contribution is 7.91. The van der Waals surface area contributed by atoms with Crippen molar-refractivity contribution in [3.63, 3.8) is 0 Å². The SMILES string of the molecule is O=C(NCC1CNC1)NC1CCS(=O)(=O)CC1. The van der Waals surface area contributed by atoms with Gasteiger partial charge in [0.05, 0.1) is 11.5 Å². The highest BCUT2D eigenvalue weighted by atomic mass is 32.2. The standard InChI is InChI=1S/C10H19N3O3S/c14-10(12-7-8-5-11-6-8)13-9-1-3-17(15,16)4-2-9/h8-9,11H,1-7H2,(H2,12,13,14). The van der Waals surface area contributed by atoms with Gasteiger partial charge < -0.3 is 16.0 Å². The number of carbonyl (C=O) groups is 1. The average Bonchev–Trinajstić information content (AvgIpc) is 2.19. The summed E-state index contributed by atoms with van der Waals surface area (Å²) in [4.78, 5) is 11.5. The van der Waals surface area contributed by atoms with Crippen LogP contribution in [0.15, 0.2) is 0 Å². The lowest BCUT2D eigenvalue weighted by atomic mass is 10.0. The van der Waals surface area contributed by atoms with E-state index in [0.717, 1.165) is 13.1 Å². The molecule has 98 valence electrons. The van der Waals surface area contributed by atoms with Crippen molar-refractivity contribution in [3.05, 3.63) is 0 Å². The van der Waals surface area contributed by atoms with E-state index in [-0.39, 0.29) is 23.6 Å². The van der Waals surface area contributed by atoms with E-state index in [1.54, 1.807) is 0 Å². The Morgan fingerprint density at radius 1 is 1.24 bits per heavy atom. The number of hydrogen-bond acceptors (Lipinski definition) is 4. The molecule has 0 aromatic carbocycles. The van der Waals surface area contributed by atoms with Gasteiger partial charge in [0, 0.05) is 31.6 Å². The number of sulfone groups is 1. The van der Waals surface area contributed by atoms with Crippen molar-refractivity contribution in [2.75, 3.05) is 31.1 Å². The van der Waals surface area contributed by atoms with Crippen LogP contribution in [0.3, 0.4) is 0 Å². The topological polar surface area (TPSA) is 87.3 Å². The first-order valence-electron chi connectivity index (χ1n) is 6.01. The predicted octanol–water partition coefficient (Wildman–Crippen LogP) is -0.918. The van der Waals surface area contributed by atoms with Crippen LogP contribution < -0.4 is 16.0 Å². The highest BCUT2D eigenvalue weighted by Gasteiger charge is 2.25. The van der Waals surface area contributed by atoms with Crippen molar-refractivity contribution in [2.45, 2.75) is 18.9 Å². The minimum Gasteiger partial charge on any atom is -0.338 e. The molecule has 2 aliphatic heterocycles. The van der Waals surface area contributed by atoms with Crippen molar-refractivity contribution in [3.8, 4) is 0 Å². The molecule has 0 aromatic rings. The van der Waals surface area contributed by atoms with E-state index in [9.17, 15) is 13.2 Å². The number of hydrogen-bond donors (Lipinski definition) is 3. The van der Waals surface area contributed by atoms with Crippen molar-refractivity contribution in [1.82, 2.24) is 16.0 Å². The minimum absolute atomic E-state index is 0.00181. The van der Waals surface area contributed by atoms with Crippen LogP contribution in [0.4, 0.5) is 4.79 Å². The Morgan fingerprint density at radius 2 is 1.88 bits per heavy atom. The molecule has 2 rings (SSSR count). The quantitative estimate of drug-likeness (QED) is 0.613. The maximum Gasteiger partial charge on any atom is 0.315 e. The Bertz CT molecular complexity index is 364. The monoisotopic (exact) mass is 261 g/mol. The molecule has 2 amide bonds. The van der Waals surface area contributed by atoms with Gasteiger partial charge in [0.1, 0.15) is 9.84 Å². The molecule has 2 aliphatic rings. The molecule has 2 heterocycles. The second-order valence-electron chi connectivity index (χ2n) is 4.80. The van der Waals surface area contributed by atoms with Crippen molar-refractivity contribution >= 4 is 15.9 Å². The average molecular weight is 261 g/mol. The fourth-order valence-corrected chi connectivity index (χ4v) is 3.49. The molecular weight excluding hydrogens is 242 g/mol. The minimum atomic E-state index is -2.85. The number of nitrogens with one attached hydrogen (secondary N) is 3. The molecule has 0 bridgehead atoms. The van der Waals surface area contributed by atoms with Crippen molar-refractivity contribution < 1.29 is 13.2 Å². The maximum absolute atomic E-state index is 11.5. The Kier molecular flexibility index (Phi) is 3.88.